The lowest BCUT2D eigenvalue weighted by molar-refractivity contribution is -0.882. The largest absolute Gasteiger partial charge is 0.466 e. The maximum absolute atomic E-state index is 12.4. The SMILES string of the molecule is COC(=O)C1=C(C[NH+]2CCCC2)NC(=O)N[C@@H]1c1ccc(Cl)cc1. The number of urea groups is 1. The summed E-state index contributed by atoms with van der Waals surface area (Å²) in [6.45, 7) is 2.71. The van der Waals surface area contributed by atoms with Crippen LogP contribution < -0.4 is 15.5 Å². The molecule has 128 valence electrons. The van der Waals surface area contributed by atoms with Gasteiger partial charge in [0.25, 0.3) is 0 Å². The van der Waals surface area contributed by atoms with Gasteiger partial charge in [-0.2, -0.15) is 0 Å². The first-order chi connectivity index (χ1) is 11.6. The lowest BCUT2D eigenvalue weighted by atomic mass is 9.95. The number of esters is 1. The Labute approximate surface area is 145 Å². The Morgan fingerprint density at radius 1 is 1.29 bits per heavy atom. The van der Waals surface area contributed by atoms with Crippen molar-refractivity contribution in [2.45, 2.75) is 18.9 Å². The highest BCUT2D eigenvalue weighted by Gasteiger charge is 2.35. The van der Waals surface area contributed by atoms with Crippen LogP contribution >= 0.6 is 11.6 Å². The molecule has 0 spiro atoms. The van der Waals surface area contributed by atoms with E-state index in [0.717, 1.165) is 18.7 Å². The summed E-state index contributed by atoms with van der Waals surface area (Å²) in [4.78, 5) is 25.9. The Morgan fingerprint density at radius 2 is 1.96 bits per heavy atom. The summed E-state index contributed by atoms with van der Waals surface area (Å²) in [5.74, 6) is -0.434. The second-order valence-corrected chi connectivity index (χ2v) is 6.54. The van der Waals surface area contributed by atoms with Gasteiger partial charge < -0.3 is 20.3 Å². The van der Waals surface area contributed by atoms with Gasteiger partial charge in [-0.3, -0.25) is 0 Å². The number of amides is 2. The van der Waals surface area contributed by atoms with Gasteiger partial charge in [-0.05, 0) is 17.7 Å². The van der Waals surface area contributed by atoms with E-state index in [2.05, 4.69) is 10.6 Å². The van der Waals surface area contributed by atoms with Gasteiger partial charge in [-0.1, -0.05) is 23.7 Å². The smallest absolute Gasteiger partial charge is 0.338 e. The van der Waals surface area contributed by atoms with Gasteiger partial charge in [0.2, 0.25) is 0 Å². The lowest BCUT2D eigenvalue weighted by Crippen LogP contribution is -3.10. The van der Waals surface area contributed by atoms with E-state index in [4.69, 9.17) is 16.3 Å². The highest BCUT2D eigenvalue weighted by molar-refractivity contribution is 6.30. The van der Waals surface area contributed by atoms with Gasteiger partial charge in [-0.25, -0.2) is 9.59 Å². The summed E-state index contributed by atoms with van der Waals surface area (Å²) in [6, 6.07) is 6.25. The predicted octanol–water partition coefficient (Wildman–Crippen LogP) is 0.800. The van der Waals surface area contributed by atoms with E-state index in [0.29, 0.717) is 22.8 Å². The third-order valence-electron chi connectivity index (χ3n) is 4.50. The fourth-order valence-electron chi connectivity index (χ4n) is 3.32. The van der Waals surface area contributed by atoms with E-state index in [1.54, 1.807) is 12.1 Å². The zero-order valence-corrected chi connectivity index (χ0v) is 14.3. The van der Waals surface area contributed by atoms with Gasteiger partial charge >= 0.3 is 12.0 Å². The molecule has 2 amide bonds. The first-order valence-corrected chi connectivity index (χ1v) is 8.44. The van der Waals surface area contributed by atoms with Crippen LogP contribution in [0.1, 0.15) is 24.4 Å². The number of rotatable bonds is 4. The molecule has 0 aliphatic carbocycles. The maximum Gasteiger partial charge on any atom is 0.338 e. The molecular weight excluding hydrogens is 330 g/mol. The molecule has 0 radical (unpaired) electrons. The fraction of sp³-hybridized carbons (Fsp3) is 0.412. The molecular formula is C17H21ClN3O3+. The molecule has 1 saturated heterocycles. The number of methoxy groups -OCH3 is 1. The van der Waals surface area contributed by atoms with Crippen LogP contribution in [0, 0.1) is 0 Å². The summed E-state index contributed by atoms with van der Waals surface area (Å²) < 4.78 is 4.97. The van der Waals surface area contributed by atoms with E-state index in [9.17, 15) is 9.59 Å². The minimum Gasteiger partial charge on any atom is -0.466 e. The molecule has 0 saturated carbocycles. The number of quaternary nitrogens is 1. The molecule has 1 aromatic rings. The molecule has 0 bridgehead atoms. The molecule has 2 aliphatic heterocycles. The van der Waals surface area contributed by atoms with Crippen molar-refractivity contribution in [3.63, 3.8) is 0 Å². The van der Waals surface area contributed by atoms with Crippen molar-refractivity contribution in [3.8, 4) is 0 Å². The van der Waals surface area contributed by atoms with Crippen molar-refractivity contribution >= 4 is 23.6 Å². The van der Waals surface area contributed by atoms with Crippen LogP contribution in [0.15, 0.2) is 35.5 Å². The zero-order valence-electron chi connectivity index (χ0n) is 13.5. The van der Waals surface area contributed by atoms with Crippen LogP contribution in [0.4, 0.5) is 4.79 Å². The number of halogens is 1. The van der Waals surface area contributed by atoms with Crippen LogP contribution in [-0.4, -0.2) is 38.7 Å². The van der Waals surface area contributed by atoms with Crippen molar-refractivity contribution in [1.29, 1.82) is 0 Å². The summed E-state index contributed by atoms with van der Waals surface area (Å²) in [6.07, 6.45) is 2.34. The Hall–Kier alpha value is -2.05. The van der Waals surface area contributed by atoms with Crippen molar-refractivity contribution in [2.75, 3.05) is 26.7 Å². The molecule has 1 fully saturated rings. The Morgan fingerprint density at radius 3 is 2.58 bits per heavy atom. The first kappa shape index (κ1) is 16.8. The average molecular weight is 351 g/mol. The van der Waals surface area contributed by atoms with E-state index in [-0.39, 0.29) is 6.03 Å². The minimum atomic E-state index is -0.541. The molecule has 6 nitrogen and oxygen atoms in total. The van der Waals surface area contributed by atoms with Crippen LogP contribution in [0.2, 0.25) is 5.02 Å². The number of carbonyl (C=O) groups is 2. The fourth-order valence-corrected chi connectivity index (χ4v) is 3.44. The van der Waals surface area contributed by atoms with Gasteiger partial charge in [0, 0.05) is 17.9 Å². The molecule has 1 atom stereocenters. The maximum atomic E-state index is 12.4. The molecule has 0 unspecified atom stereocenters. The van der Waals surface area contributed by atoms with Crippen LogP contribution in [0.25, 0.3) is 0 Å². The lowest BCUT2D eigenvalue weighted by Gasteiger charge is -2.29. The summed E-state index contributed by atoms with van der Waals surface area (Å²) in [5.41, 5.74) is 1.89. The first-order valence-electron chi connectivity index (χ1n) is 8.06. The van der Waals surface area contributed by atoms with Crippen LogP contribution in [-0.2, 0) is 9.53 Å². The molecule has 3 rings (SSSR count). The number of likely N-dealkylation sites (tertiary alicyclic amines) is 1. The number of carbonyl (C=O) groups excluding carboxylic acids is 2. The minimum absolute atomic E-state index is 0.309. The Balaban J connectivity index is 1.99. The highest BCUT2D eigenvalue weighted by Crippen LogP contribution is 2.28. The third-order valence-corrected chi connectivity index (χ3v) is 4.75. The third kappa shape index (κ3) is 3.55. The number of ether oxygens (including phenoxy) is 1. The van der Waals surface area contributed by atoms with Gasteiger partial charge in [0.1, 0.15) is 6.54 Å². The van der Waals surface area contributed by atoms with E-state index in [1.807, 2.05) is 12.1 Å². The van der Waals surface area contributed by atoms with Crippen molar-refractivity contribution in [3.05, 3.63) is 46.1 Å². The summed E-state index contributed by atoms with van der Waals surface area (Å²) in [7, 11) is 1.35. The molecule has 0 aromatic heterocycles. The standard InChI is InChI=1S/C17H20ClN3O3/c1-24-16(22)14-13(10-21-8-2-3-9-21)19-17(23)20-15(14)11-4-6-12(18)7-5-11/h4-7,15H,2-3,8-10H2,1H3,(H2,19,20,23)/p+1/t15-/m1/s1. The van der Waals surface area contributed by atoms with Crippen molar-refractivity contribution in [2.24, 2.45) is 0 Å². The second-order valence-electron chi connectivity index (χ2n) is 6.10. The zero-order chi connectivity index (χ0) is 17.1. The summed E-state index contributed by atoms with van der Waals surface area (Å²) in [5, 5.41) is 6.21. The number of benzene rings is 1. The number of hydrogen-bond donors (Lipinski definition) is 3. The van der Waals surface area contributed by atoms with Gasteiger partial charge in [0.15, 0.2) is 0 Å². The number of hydrogen-bond acceptors (Lipinski definition) is 3. The Bertz CT molecular complexity index is 666. The van der Waals surface area contributed by atoms with Gasteiger partial charge in [0.05, 0.1) is 37.5 Å². The summed E-state index contributed by atoms with van der Waals surface area (Å²) >= 11 is 5.94. The van der Waals surface area contributed by atoms with Crippen LogP contribution in [0.3, 0.4) is 0 Å². The molecule has 2 aliphatic rings. The number of nitrogens with one attached hydrogen (secondary N) is 3. The quantitative estimate of drug-likeness (QED) is 0.703. The monoisotopic (exact) mass is 350 g/mol. The highest BCUT2D eigenvalue weighted by atomic mass is 35.5. The molecule has 7 heteroatoms. The Kier molecular flexibility index (Phi) is 5.06. The van der Waals surface area contributed by atoms with Crippen molar-refractivity contribution < 1.29 is 19.2 Å². The van der Waals surface area contributed by atoms with Crippen LogP contribution in [0.5, 0.6) is 0 Å². The van der Waals surface area contributed by atoms with E-state index < -0.39 is 12.0 Å². The van der Waals surface area contributed by atoms with Gasteiger partial charge in [-0.15, -0.1) is 0 Å². The topological polar surface area (TPSA) is 71.9 Å². The average Bonchev–Trinajstić information content (AvgIpc) is 3.07. The van der Waals surface area contributed by atoms with Crippen molar-refractivity contribution in [1.82, 2.24) is 10.6 Å². The van der Waals surface area contributed by atoms with E-state index >= 15 is 0 Å². The molecule has 24 heavy (non-hydrogen) atoms. The predicted molar refractivity (Wildman–Crippen MR) is 89.7 cm³/mol. The molecule has 3 N–H and O–H groups in total. The normalized spacial score (nSPS) is 21.4. The molecule has 2 heterocycles. The molecule has 1 aromatic carbocycles. The van der Waals surface area contributed by atoms with E-state index in [1.165, 1.54) is 24.9 Å². The second kappa shape index (κ2) is 7.23.